The summed E-state index contributed by atoms with van der Waals surface area (Å²) in [6.45, 7) is 6.17. The van der Waals surface area contributed by atoms with Crippen LogP contribution < -0.4 is 5.32 Å². The summed E-state index contributed by atoms with van der Waals surface area (Å²) < 4.78 is 5.37. The predicted octanol–water partition coefficient (Wildman–Crippen LogP) is 2.40. The van der Waals surface area contributed by atoms with E-state index in [9.17, 15) is 4.79 Å². The monoisotopic (exact) mass is 229 g/mol. The smallest absolute Gasteiger partial charge is 0.161 e. The number of hydrogen-bond acceptors (Lipinski definition) is 3. The lowest BCUT2D eigenvalue weighted by atomic mass is 10.0. The van der Waals surface area contributed by atoms with Gasteiger partial charge < -0.3 is 10.1 Å². The van der Waals surface area contributed by atoms with Crippen LogP contribution in [0.25, 0.3) is 0 Å². The lowest BCUT2D eigenvalue weighted by Crippen LogP contribution is -2.17. The van der Waals surface area contributed by atoms with E-state index in [1.54, 1.807) is 0 Å². The van der Waals surface area contributed by atoms with Crippen LogP contribution in [-0.4, -0.2) is 32.6 Å². The minimum atomic E-state index is 0.161. The molecule has 0 aliphatic carbocycles. The fourth-order valence-electron chi connectivity index (χ4n) is 1.59. The van der Waals surface area contributed by atoms with Crippen LogP contribution in [0.2, 0.25) is 0 Å². The average Bonchev–Trinajstić information content (AvgIpc) is 2.28. The van der Waals surface area contributed by atoms with E-state index in [-0.39, 0.29) is 11.7 Å². The molecule has 0 fully saturated rings. The highest BCUT2D eigenvalue weighted by Gasteiger charge is 2.11. The molecule has 3 heteroatoms. The second-order valence-corrected chi connectivity index (χ2v) is 4.37. The van der Waals surface area contributed by atoms with Crippen LogP contribution >= 0.6 is 0 Å². The molecule has 0 bridgehead atoms. The summed E-state index contributed by atoms with van der Waals surface area (Å²) in [4.78, 5) is 11.5. The summed E-state index contributed by atoms with van der Waals surface area (Å²) in [5, 5.41) is 3.11. The molecule has 0 spiro atoms. The lowest BCUT2D eigenvalue weighted by molar-refractivity contribution is -0.127. The number of carbonyl (C=O) groups is 1. The fraction of sp³-hybridized carbons (Fsp3) is 0.923. The number of ketones is 1. The zero-order valence-corrected chi connectivity index (χ0v) is 11.1. The summed E-state index contributed by atoms with van der Waals surface area (Å²) in [6.07, 6.45) is 5.44. The summed E-state index contributed by atoms with van der Waals surface area (Å²) in [6, 6.07) is 0. The van der Waals surface area contributed by atoms with Gasteiger partial charge in [-0.3, -0.25) is 4.79 Å². The molecule has 3 nitrogen and oxygen atoms in total. The first-order chi connectivity index (χ1) is 7.72. The maximum Gasteiger partial charge on any atom is 0.161 e. The van der Waals surface area contributed by atoms with E-state index in [1.165, 1.54) is 12.8 Å². The number of Topliss-reactive ketones (excluding diaryl/α,β-unsaturated/α-hetero) is 1. The Balaban J connectivity index is 3.27. The minimum Gasteiger partial charge on any atom is -0.374 e. The third-order valence-electron chi connectivity index (χ3n) is 2.73. The van der Waals surface area contributed by atoms with Crippen LogP contribution in [0.1, 0.15) is 46.0 Å². The molecular weight excluding hydrogens is 202 g/mol. The van der Waals surface area contributed by atoms with Crippen molar-refractivity contribution in [2.24, 2.45) is 5.92 Å². The fourth-order valence-corrected chi connectivity index (χ4v) is 1.59. The largest absolute Gasteiger partial charge is 0.374 e. The van der Waals surface area contributed by atoms with Gasteiger partial charge in [-0.25, -0.2) is 0 Å². The van der Waals surface area contributed by atoms with Crippen LogP contribution in [-0.2, 0) is 9.53 Å². The third-order valence-corrected chi connectivity index (χ3v) is 2.73. The van der Waals surface area contributed by atoms with Crippen molar-refractivity contribution >= 4 is 5.78 Å². The summed E-state index contributed by atoms with van der Waals surface area (Å²) >= 11 is 0. The zero-order valence-electron chi connectivity index (χ0n) is 11.1. The highest BCUT2D eigenvalue weighted by atomic mass is 16.5. The van der Waals surface area contributed by atoms with E-state index < -0.39 is 0 Å². The van der Waals surface area contributed by atoms with Gasteiger partial charge in [0.1, 0.15) is 6.61 Å². The number of rotatable bonds is 11. The Morgan fingerprint density at radius 2 is 2.06 bits per heavy atom. The SMILES string of the molecule is CCCC(C)C(=O)COCCCCCNC. The normalized spacial score (nSPS) is 12.7. The molecule has 0 aromatic heterocycles. The van der Waals surface area contributed by atoms with Gasteiger partial charge in [0.05, 0.1) is 0 Å². The van der Waals surface area contributed by atoms with E-state index in [0.717, 1.165) is 25.8 Å². The summed E-state index contributed by atoms with van der Waals surface area (Å²) in [5.41, 5.74) is 0. The Morgan fingerprint density at radius 1 is 1.31 bits per heavy atom. The number of nitrogens with one attached hydrogen (secondary N) is 1. The van der Waals surface area contributed by atoms with Crippen molar-refractivity contribution in [2.75, 3.05) is 26.8 Å². The highest BCUT2D eigenvalue weighted by molar-refractivity contribution is 5.81. The standard InChI is InChI=1S/C13H27NO2/c1-4-8-12(2)13(15)11-16-10-7-5-6-9-14-3/h12,14H,4-11H2,1-3H3. The van der Waals surface area contributed by atoms with E-state index in [2.05, 4.69) is 12.2 Å². The Bertz CT molecular complexity index is 171. The van der Waals surface area contributed by atoms with Gasteiger partial charge in [-0.15, -0.1) is 0 Å². The first-order valence-electron chi connectivity index (χ1n) is 6.47. The van der Waals surface area contributed by atoms with Crippen molar-refractivity contribution in [1.82, 2.24) is 5.32 Å². The molecule has 0 aromatic rings. The maximum atomic E-state index is 11.5. The topological polar surface area (TPSA) is 38.3 Å². The molecule has 0 amide bonds. The van der Waals surface area contributed by atoms with Crippen LogP contribution in [0, 0.1) is 5.92 Å². The molecule has 0 rings (SSSR count). The van der Waals surface area contributed by atoms with Gasteiger partial charge in [-0.05, 0) is 39.3 Å². The van der Waals surface area contributed by atoms with E-state index in [4.69, 9.17) is 4.74 Å². The van der Waals surface area contributed by atoms with Crippen molar-refractivity contribution < 1.29 is 9.53 Å². The minimum absolute atomic E-state index is 0.161. The van der Waals surface area contributed by atoms with Crippen molar-refractivity contribution in [3.8, 4) is 0 Å². The molecule has 0 saturated heterocycles. The molecule has 0 aliphatic heterocycles. The van der Waals surface area contributed by atoms with Crippen LogP contribution in [0.5, 0.6) is 0 Å². The summed E-state index contributed by atoms with van der Waals surface area (Å²) in [7, 11) is 1.96. The number of carbonyl (C=O) groups excluding carboxylic acids is 1. The van der Waals surface area contributed by atoms with Gasteiger partial charge in [0.15, 0.2) is 5.78 Å². The number of unbranched alkanes of at least 4 members (excludes halogenated alkanes) is 2. The first-order valence-corrected chi connectivity index (χ1v) is 6.47. The lowest BCUT2D eigenvalue weighted by Gasteiger charge is -2.09. The van der Waals surface area contributed by atoms with E-state index in [0.29, 0.717) is 13.2 Å². The van der Waals surface area contributed by atoms with Crippen molar-refractivity contribution in [2.45, 2.75) is 46.0 Å². The Kier molecular flexibility index (Phi) is 10.8. The first kappa shape index (κ1) is 15.6. The molecule has 16 heavy (non-hydrogen) atoms. The molecule has 0 aliphatic rings. The molecule has 1 unspecified atom stereocenters. The Hall–Kier alpha value is -0.410. The molecule has 0 saturated carbocycles. The van der Waals surface area contributed by atoms with Gasteiger partial charge in [0.2, 0.25) is 0 Å². The molecule has 1 atom stereocenters. The van der Waals surface area contributed by atoms with E-state index >= 15 is 0 Å². The van der Waals surface area contributed by atoms with Crippen molar-refractivity contribution in [3.05, 3.63) is 0 Å². The van der Waals surface area contributed by atoms with Gasteiger partial charge in [0, 0.05) is 12.5 Å². The van der Waals surface area contributed by atoms with Crippen molar-refractivity contribution in [3.63, 3.8) is 0 Å². The molecule has 0 aromatic carbocycles. The molecule has 0 heterocycles. The van der Waals surface area contributed by atoms with Crippen LogP contribution in [0.15, 0.2) is 0 Å². The van der Waals surface area contributed by atoms with Gasteiger partial charge >= 0.3 is 0 Å². The van der Waals surface area contributed by atoms with Gasteiger partial charge in [-0.1, -0.05) is 20.3 Å². The molecule has 96 valence electrons. The number of ether oxygens (including phenoxy) is 1. The van der Waals surface area contributed by atoms with Crippen LogP contribution in [0.4, 0.5) is 0 Å². The highest BCUT2D eigenvalue weighted by Crippen LogP contribution is 2.06. The molecular formula is C13H27NO2. The molecule has 0 radical (unpaired) electrons. The second-order valence-electron chi connectivity index (χ2n) is 4.37. The Labute approximate surface area is 99.9 Å². The van der Waals surface area contributed by atoms with Gasteiger partial charge in [0.25, 0.3) is 0 Å². The predicted molar refractivity (Wildman–Crippen MR) is 67.7 cm³/mol. The summed E-state index contributed by atoms with van der Waals surface area (Å²) in [5.74, 6) is 0.409. The third kappa shape index (κ3) is 8.86. The Morgan fingerprint density at radius 3 is 2.69 bits per heavy atom. The maximum absolute atomic E-state index is 11.5. The van der Waals surface area contributed by atoms with Gasteiger partial charge in [-0.2, -0.15) is 0 Å². The average molecular weight is 229 g/mol. The second kappa shape index (κ2) is 11.1. The molecule has 1 N–H and O–H groups in total. The number of hydrogen-bond donors (Lipinski definition) is 1. The van der Waals surface area contributed by atoms with Crippen LogP contribution in [0.3, 0.4) is 0 Å². The van der Waals surface area contributed by atoms with E-state index in [1.807, 2.05) is 14.0 Å². The van der Waals surface area contributed by atoms with Crippen molar-refractivity contribution in [1.29, 1.82) is 0 Å². The zero-order chi connectivity index (χ0) is 12.2. The quantitative estimate of drug-likeness (QED) is 0.553.